The van der Waals surface area contributed by atoms with E-state index >= 15 is 0 Å². The lowest BCUT2D eigenvalue weighted by molar-refractivity contribution is 0.106. The Morgan fingerprint density at radius 3 is 2.95 bits per heavy atom. The SMILES string of the molecule is Cc1cccc(OCC(O)CNCc2cccs2)c1. The van der Waals surface area contributed by atoms with Crippen LogP contribution in [0.3, 0.4) is 0 Å². The Labute approximate surface area is 117 Å². The first-order valence-electron chi connectivity index (χ1n) is 6.34. The molecule has 3 nitrogen and oxygen atoms in total. The molecule has 2 rings (SSSR count). The number of benzene rings is 1. The molecule has 0 saturated heterocycles. The van der Waals surface area contributed by atoms with E-state index in [-0.39, 0.29) is 0 Å². The smallest absolute Gasteiger partial charge is 0.119 e. The number of thiophene rings is 1. The molecular formula is C15H19NO2S. The molecule has 0 aliphatic rings. The third-order valence-electron chi connectivity index (χ3n) is 2.69. The maximum absolute atomic E-state index is 9.82. The highest BCUT2D eigenvalue weighted by atomic mass is 32.1. The predicted molar refractivity (Wildman–Crippen MR) is 78.7 cm³/mol. The molecule has 0 aliphatic heterocycles. The highest BCUT2D eigenvalue weighted by Gasteiger charge is 2.05. The summed E-state index contributed by atoms with van der Waals surface area (Å²) in [7, 11) is 0. The summed E-state index contributed by atoms with van der Waals surface area (Å²) in [6.45, 7) is 3.65. The molecule has 0 radical (unpaired) electrons. The van der Waals surface area contributed by atoms with Crippen LogP contribution in [0.2, 0.25) is 0 Å². The van der Waals surface area contributed by atoms with Gasteiger partial charge in [0.1, 0.15) is 18.5 Å². The van der Waals surface area contributed by atoms with E-state index in [2.05, 4.69) is 11.4 Å². The third kappa shape index (κ3) is 5.03. The maximum Gasteiger partial charge on any atom is 0.119 e. The number of aliphatic hydroxyl groups excluding tert-OH is 1. The Bertz CT molecular complexity index is 485. The predicted octanol–water partition coefficient (Wildman–Crippen LogP) is 2.59. The van der Waals surface area contributed by atoms with E-state index in [0.717, 1.165) is 17.9 Å². The Balaban J connectivity index is 1.65. The molecule has 0 amide bonds. The van der Waals surface area contributed by atoms with Gasteiger partial charge in [-0.25, -0.2) is 0 Å². The van der Waals surface area contributed by atoms with Gasteiger partial charge < -0.3 is 15.2 Å². The van der Waals surface area contributed by atoms with Gasteiger partial charge in [0.15, 0.2) is 0 Å². The monoisotopic (exact) mass is 277 g/mol. The fourth-order valence-electron chi connectivity index (χ4n) is 1.73. The van der Waals surface area contributed by atoms with Crippen molar-refractivity contribution in [2.45, 2.75) is 19.6 Å². The molecule has 0 aliphatic carbocycles. The zero-order valence-corrected chi connectivity index (χ0v) is 11.8. The van der Waals surface area contributed by atoms with Gasteiger partial charge in [-0.2, -0.15) is 0 Å². The van der Waals surface area contributed by atoms with Crippen LogP contribution in [0.15, 0.2) is 41.8 Å². The molecule has 1 aromatic heterocycles. The van der Waals surface area contributed by atoms with Crippen LogP contribution in [0.25, 0.3) is 0 Å². The van der Waals surface area contributed by atoms with Gasteiger partial charge in [0.05, 0.1) is 0 Å². The van der Waals surface area contributed by atoms with Gasteiger partial charge in [0, 0.05) is 18.0 Å². The van der Waals surface area contributed by atoms with Crippen LogP contribution in [0, 0.1) is 6.92 Å². The maximum atomic E-state index is 9.82. The minimum atomic E-state index is -0.500. The summed E-state index contributed by atoms with van der Waals surface area (Å²) in [5.41, 5.74) is 1.16. The normalized spacial score (nSPS) is 12.3. The van der Waals surface area contributed by atoms with Crippen molar-refractivity contribution >= 4 is 11.3 Å². The lowest BCUT2D eigenvalue weighted by Gasteiger charge is -2.13. The van der Waals surface area contributed by atoms with Gasteiger partial charge in [-0.05, 0) is 36.1 Å². The molecule has 1 atom stereocenters. The van der Waals surface area contributed by atoms with Crippen LogP contribution in [0.4, 0.5) is 0 Å². The molecule has 2 aromatic rings. The minimum Gasteiger partial charge on any atom is -0.491 e. The van der Waals surface area contributed by atoms with Gasteiger partial charge in [-0.1, -0.05) is 18.2 Å². The molecule has 2 N–H and O–H groups in total. The van der Waals surface area contributed by atoms with Crippen molar-refractivity contribution in [3.63, 3.8) is 0 Å². The quantitative estimate of drug-likeness (QED) is 0.817. The van der Waals surface area contributed by atoms with E-state index in [4.69, 9.17) is 4.74 Å². The van der Waals surface area contributed by atoms with Gasteiger partial charge in [0.2, 0.25) is 0 Å². The number of hydrogen-bond donors (Lipinski definition) is 2. The van der Waals surface area contributed by atoms with Crippen LogP contribution in [0.1, 0.15) is 10.4 Å². The van der Waals surface area contributed by atoms with Crippen molar-refractivity contribution in [1.29, 1.82) is 0 Å². The summed E-state index contributed by atoms with van der Waals surface area (Å²) >= 11 is 1.71. The van der Waals surface area contributed by atoms with Crippen LogP contribution in [-0.2, 0) is 6.54 Å². The first-order valence-corrected chi connectivity index (χ1v) is 7.22. The zero-order valence-electron chi connectivity index (χ0n) is 11.0. The Kier molecular flexibility index (Phi) is 5.39. The van der Waals surface area contributed by atoms with Crippen LogP contribution in [-0.4, -0.2) is 24.4 Å². The van der Waals surface area contributed by atoms with Gasteiger partial charge >= 0.3 is 0 Å². The van der Waals surface area contributed by atoms with Crippen molar-refractivity contribution in [3.8, 4) is 5.75 Å². The average molecular weight is 277 g/mol. The number of ether oxygens (including phenoxy) is 1. The molecule has 4 heteroatoms. The summed E-state index contributed by atoms with van der Waals surface area (Å²) in [6.07, 6.45) is -0.500. The van der Waals surface area contributed by atoms with Crippen LogP contribution in [0.5, 0.6) is 5.75 Å². The van der Waals surface area contributed by atoms with Gasteiger partial charge in [-0.15, -0.1) is 11.3 Å². The molecule has 102 valence electrons. The van der Waals surface area contributed by atoms with Crippen molar-refractivity contribution in [3.05, 3.63) is 52.2 Å². The summed E-state index contributed by atoms with van der Waals surface area (Å²) < 4.78 is 5.55. The summed E-state index contributed by atoms with van der Waals surface area (Å²) in [5.74, 6) is 0.803. The van der Waals surface area contributed by atoms with E-state index < -0.39 is 6.10 Å². The van der Waals surface area contributed by atoms with E-state index in [1.807, 2.05) is 42.6 Å². The second-order valence-electron chi connectivity index (χ2n) is 4.49. The van der Waals surface area contributed by atoms with E-state index in [9.17, 15) is 5.11 Å². The molecule has 0 bridgehead atoms. The second-order valence-corrected chi connectivity index (χ2v) is 5.52. The summed E-state index contributed by atoms with van der Waals surface area (Å²) in [6, 6.07) is 11.9. The highest BCUT2D eigenvalue weighted by molar-refractivity contribution is 7.09. The molecule has 1 unspecified atom stereocenters. The van der Waals surface area contributed by atoms with Crippen LogP contribution < -0.4 is 10.1 Å². The van der Waals surface area contributed by atoms with Crippen molar-refractivity contribution in [1.82, 2.24) is 5.32 Å². The fourth-order valence-corrected chi connectivity index (χ4v) is 2.41. The first-order chi connectivity index (χ1) is 9.24. The van der Waals surface area contributed by atoms with Crippen molar-refractivity contribution in [2.24, 2.45) is 0 Å². The summed E-state index contributed by atoms with van der Waals surface area (Å²) in [4.78, 5) is 1.27. The topological polar surface area (TPSA) is 41.5 Å². The fraction of sp³-hybridized carbons (Fsp3) is 0.333. The Morgan fingerprint density at radius 1 is 1.32 bits per heavy atom. The molecule has 1 aromatic carbocycles. The largest absolute Gasteiger partial charge is 0.491 e. The number of rotatable bonds is 7. The molecule has 19 heavy (non-hydrogen) atoms. The average Bonchev–Trinajstić information content (AvgIpc) is 2.90. The van der Waals surface area contributed by atoms with Crippen LogP contribution >= 0.6 is 11.3 Å². The van der Waals surface area contributed by atoms with E-state index in [1.54, 1.807) is 11.3 Å². The van der Waals surface area contributed by atoms with Gasteiger partial charge in [-0.3, -0.25) is 0 Å². The van der Waals surface area contributed by atoms with Crippen molar-refractivity contribution < 1.29 is 9.84 Å². The van der Waals surface area contributed by atoms with Gasteiger partial charge in [0.25, 0.3) is 0 Å². The third-order valence-corrected chi connectivity index (χ3v) is 3.57. The Morgan fingerprint density at radius 2 is 2.21 bits per heavy atom. The number of hydrogen-bond acceptors (Lipinski definition) is 4. The highest BCUT2D eigenvalue weighted by Crippen LogP contribution is 2.12. The molecule has 0 fully saturated rings. The van der Waals surface area contributed by atoms with Crippen molar-refractivity contribution in [2.75, 3.05) is 13.2 Å². The lowest BCUT2D eigenvalue weighted by atomic mass is 10.2. The standard InChI is InChI=1S/C15H19NO2S/c1-12-4-2-5-14(8-12)18-11-13(17)9-16-10-15-6-3-7-19-15/h2-8,13,16-17H,9-11H2,1H3. The number of nitrogens with one attached hydrogen (secondary N) is 1. The number of aliphatic hydroxyl groups is 1. The first kappa shape index (κ1) is 14.1. The summed E-state index contributed by atoms with van der Waals surface area (Å²) in [5, 5.41) is 15.1. The Hall–Kier alpha value is -1.36. The molecular weight excluding hydrogens is 258 g/mol. The number of aryl methyl sites for hydroxylation is 1. The minimum absolute atomic E-state index is 0.306. The lowest BCUT2D eigenvalue weighted by Crippen LogP contribution is -2.30. The zero-order chi connectivity index (χ0) is 13.5. The molecule has 0 spiro atoms. The molecule has 1 heterocycles. The van der Waals surface area contributed by atoms with E-state index in [1.165, 1.54) is 4.88 Å². The molecule has 0 saturated carbocycles. The second kappa shape index (κ2) is 7.28. The van der Waals surface area contributed by atoms with E-state index in [0.29, 0.717) is 13.2 Å².